The van der Waals surface area contributed by atoms with Crippen LogP contribution in [0, 0.1) is 5.82 Å². The fourth-order valence-electron chi connectivity index (χ4n) is 5.34. The van der Waals surface area contributed by atoms with Crippen molar-refractivity contribution in [2.24, 2.45) is 12.8 Å². The number of carbonyl (C=O) groups excluding carboxylic acids is 3. The summed E-state index contributed by atoms with van der Waals surface area (Å²) in [5.74, 6) is -1.81. The van der Waals surface area contributed by atoms with Gasteiger partial charge in [-0.25, -0.2) is 14.0 Å². The highest BCUT2D eigenvalue weighted by Crippen LogP contribution is 2.36. The summed E-state index contributed by atoms with van der Waals surface area (Å²) in [5, 5.41) is 3.31. The van der Waals surface area contributed by atoms with Gasteiger partial charge in [-0.1, -0.05) is 11.6 Å². The number of pyridine rings is 1. The summed E-state index contributed by atoms with van der Waals surface area (Å²) in [6.07, 6.45) is 0.686. The second-order valence-electron chi connectivity index (χ2n) is 13.0. The summed E-state index contributed by atoms with van der Waals surface area (Å²) >= 11 is 6.47. The molecule has 238 valence electrons. The van der Waals surface area contributed by atoms with Crippen LogP contribution in [0.25, 0.3) is 10.9 Å². The summed E-state index contributed by atoms with van der Waals surface area (Å²) in [6.45, 7) is 11.1. The van der Waals surface area contributed by atoms with E-state index in [-0.39, 0.29) is 46.3 Å². The molecule has 4 rings (SSSR count). The quantitative estimate of drug-likeness (QED) is 0.375. The molecule has 1 fully saturated rings. The molecule has 1 saturated heterocycles. The predicted molar refractivity (Wildman–Crippen MR) is 166 cm³/mol. The Labute approximate surface area is 260 Å². The number of primary amides is 1. The first-order valence-electron chi connectivity index (χ1n) is 14.3. The number of fused-ring (bicyclic) bond motifs is 1. The van der Waals surface area contributed by atoms with E-state index in [1.165, 1.54) is 31.3 Å². The highest BCUT2D eigenvalue weighted by Gasteiger charge is 2.35. The number of anilines is 1. The number of nitrogens with one attached hydrogen (secondary N) is 1. The second-order valence-corrected chi connectivity index (χ2v) is 13.4. The minimum atomic E-state index is -0.899. The zero-order chi connectivity index (χ0) is 32.7. The van der Waals surface area contributed by atoms with E-state index in [4.69, 9.17) is 26.8 Å². The number of nitrogens with two attached hydrogens (primary N) is 1. The van der Waals surface area contributed by atoms with Gasteiger partial charge in [-0.2, -0.15) is 0 Å². The van der Waals surface area contributed by atoms with Crippen LogP contribution in [0.3, 0.4) is 0 Å². The first-order valence-corrected chi connectivity index (χ1v) is 14.7. The number of piperidine rings is 1. The van der Waals surface area contributed by atoms with Crippen LogP contribution in [0.4, 0.5) is 15.0 Å². The maximum Gasteiger partial charge on any atom is 0.407 e. The third kappa shape index (κ3) is 7.18. The highest BCUT2D eigenvalue weighted by atomic mass is 35.5. The standard InChI is InChI=1S/C31H39ClFN5O6/c1-30(2,3)43-28(41)23-20-14-22(25(34)39)36(7)27(40)24(20)38(15-17-13-18(33)10-11-21(17)32)26(23)37-12-8-9-19(16-37)35-29(42)44-31(4,5)6/h10-11,13-14,19H,8-9,12,15-16H2,1-7H3,(H2,34,39)(H,35,42)/t19-/m1/s1. The summed E-state index contributed by atoms with van der Waals surface area (Å²) < 4.78 is 28.4. The molecular formula is C31H39ClFN5O6. The Morgan fingerprint density at radius 3 is 2.36 bits per heavy atom. The molecule has 0 unspecified atom stereocenters. The summed E-state index contributed by atoms with van der Waals surface area (Å²) in [5.41, 5.74) is 3.80. The Balaban J connectivity index is 1.99. The lowest BCUT2D eigenvalue weighted by molar-refractivity contribution is 0.00715. The molecule has 1 aromatic carbocycles. The second kappa shape index (κ2) is 12.1. The van der Waals surface area contributed by atoms with Crippen molar-refractivity contribution in [3.8, 4) is 0 Å². The smallest absolute Gasteiger partial charge is 0.407 e. The van der Waals surface area contributed by atoms with Gasteiger partial charge >= 0.3 is 12.1 Å². The van der Waals surface area contributed by atoms with Gasteiger partial charge in [-0.05, 0) is 84.2 Å². The average Bonchev–Trinajstić information content (AvgIpc) is 3.20. The third-order valence-corrected chi connectivity index (χ3v) is 7.43. The number of aromatic nitrogens is 2. The number of ether oxygens (including phenoxy) is 2. The number of nitrogens with zero attached hydrogens (tertiary/aromatic N) is 3. The summed E-state index contributed by atoms with van der Waals surface area (Å²) in [7, 11) is 1.41. The first kappa shape index (κ1) is 32.8. The number of esters is 1. The lowest BCUT2D eigenvalue weighted by Gasteiger charge is -2.36. The van der Waals surface area contributed by atoms with E-state index in [2.05, 4.69) is 5.32 Å². The average molecular weight is 632 g/mol. The van der Waals surface area contributed by atoms with E-state index in [1.54, 1.807) is 46.1 Å². The molecule has 0 radical (unpaired) electrons. The van der Waals surface area contributed by atoms with Gasteiger partial charge in [0.2, 0.25) is 0 Å². The van der Waals surface area contributed by atoms with Gasteiger partial charge in [0.05, 0.1) is 6.54 Å². The Hall–Kier alpha value is -4.06. The molecule has 11 nitrogen and oxygen atoms in total. The molecule has 1 aliphatic heterocycles. The van der Waals surface area contributed by atoms with Crippen molar-refractivity contribution in [1.29, 1.82) is 0 Å². The van der Waals surface area contributed by atoms with E-state index in [1.807, 2.05) is 4.90 Å². The van der Waals surface area contributed by atoms with Crippen molar-refractivity contribution in [2.75, 3.05) is 18.0 Å². The molecule has 0 saturated carbocycles. The fourth-order valence-corrected chi connectivity index (χ4v) is 5.52. The van der Waals surface area contributed by atoms with Gasteiger partial charge in [0.15, 0.2) is 0 Å². The maximum atomic E-state index is 14.4. The van der Waals surface area contributed by atoms with Crippen LogP contribution in [0.5, 0.6) is 0 Å². The zero-order valence-corrected chi connectivity index (χ0v) is 26.8. The number of alkyl carbamates (subject to hydrolysis) is 1. The molecular weight excluding hydrogens is 593 g/mol. The van der Waals surface area contributed by atoms with E-state index in [9.17, 15) is 23.6 Å². The Bertz CT molecular complexity index is 1680. The maximum absolute atomic E-state index is 14.4. The predicted octanol–water partition coefficient (Wildman–Crippen LogP) is 4.73. The first-order chi connectivity index (χ1) is 20.4. The Kier molecular flexibility index (Phi) is 9.06. The van der Waals surface area contributed by atoms with E-state index < -0.39 is 40.5 Å². The summed E-state index contributed by atoms with van der Waals surface area (Å²) in [4.78, 5) is 54.7. The van der Waals surface area contributed by atoms with Crippen LogP contribution >= 0.6 is 11.6 Å². The van der Waals surface area contributed by atoms with Gasteiger partial charge in [0.25, 0.3) is 11.5 Å². The van der Waals surface area contributed by atoms with E-state index >= 15 is 0 Å². The van der Waals surface area contributed by atoms with Crippen molar-refractivity contribution in [2.45, 2.75) is 78.2 Å². The Morgan fingerprint density at radius 1 is 1.09 bits per heavy atom. The molecule has 0 spiro atoms. The lowest BCUT2D eigenvalue weighted by Crippen LogP contribution is -2.49. The number of carbonyl (C=O) groups is 3. The number of benzene rings is 1. The zero-order valence-electron chi connectivity index (χ0n) is 26.0. The minimum absolute atomic E-state index is 0.0422. The lowest BCUT2D eigenvalue weighted by atomic mass is 10.0. The molecule has 44 heavy (non-hydrogen) atoms. The van der Waals surface area contributed by atoms with Crippen molar-refractivity contribution < 1.29 is 28.2 Å². The van der Waals surface area contributed by atoms with Gasteiger partial charge in [0, 0.05) is 36.6 Å². The van der Waals surface area contributed by atoms with Crippen LogP contribution in [-0.4, -0.2) is 57.4 Å². The Morgan fingerprint density at radius 2 is 1.75 bits per heavy atom. The highest BCUT2D eigenvalue weighted by molar-refractivity contribution is 6.31. The topological polar surface area (TPSA) is 138 Å². The van der Waals surface area contributed by atoms with Crippen LogP contribution in [0.1, 0.15) is 80.8 Å². The molecule has 13 heteroatoms. The number of hydrogen-bond donors (Lipinski definition) is 2. The van der Waals surface area contributed by atoms with E-state index in [0.717, 1.165) is 4.57 Å². The number of rotatable bonds is 6. The van der Waals surface area contributed by atoms with Crippen LogP contribution in [0.15, 0.2) is 29.1 Å². The molecule has 2 aromatic heterocycles. The number of halogens is 2. The molecule has 1 atom stereocenters. The number of hydrogen-bond acceptors (Lipinski definition) is 7. The summed E-state index contributed by atoms with van der Waals surface area (Å²) in [6, 6.07) is 4.93. The van der Waals surface area contributed by atoms with Gasteiger partial charge in [-0.15, -0.1) is 0 Å². The van der Waals surface area contributed by atoms with Gasteiger partial charge < -0.3 is 34.6 Å². The van der Waals surface area contributed by atoms with Gasteiger partial charge in [0.1, 0.15) is 39.6 Å². The molecule has 3 aromatic rings. The fraction of sp³-hybridized carbons (Fsp3) is 0.484. The molecule has 0 bridgehead atoms. The SMILES string of the molecule is Cn1c(C(N)=O)cc2c(C(=O)OC(C)(C)C)c(N3CCC[C@@H](NC(=O)OC(C)(C)C)C3)n(Cc3cc(F)ccc3Cl)c2c1=O. The third-order valence-electron chi connectivity index (χ3n) is 7.06. The molecule has 3 N–H and O–H groups in total. The largest absolute Gasteiger partial charge is 0.456 e. The number of amides is 2. The van der Waals surface area contributed by atoms with Crippen molar-refractivity contribution in [3.05, 3.63) is 62.3 Å². The van der Waals surface area contributed by atoms with Crippen LogP contribution < -0.4 is 21.5 Å². The normalized spacial score (nSPS) is 15.8. The minimum Gasteiger partial charge on any atom is -0.456 e. The van der Waals surface area contributed by atoms with Crippen molar-refractivity contribution in [3.63, 3.8) is 0 Å². The molecule has 3 heterocycles. The van der Waals surface area contributed by atoms with Crippen LogP contribution in [0.2, 0.25) is 5.02 Å². The van der Waals surface area contributed by atoms with Crippen molar-refractivity contribution in [1.82, 2.24) is 14.5 Å². The van der Waals surface area contributed by atoms with E-state index in [0.29, 0.717) is 30.8 Å². The molecule has 2 amide bonds. The van der Waals surface area contributed by atoms with Gasteiger partial charge in [-0.3, -0.25) is 9.59 Å². The van der Waals surface area contributed by atoms with Crippen molar-refractivity contribution >= 4 is 46.3 Å². The molecule has 0 aliphatic carbocycles. The monoisotopic (exact) mass is 631 g/mol. The molecule has 1 aliphatic rings. The van der Waals surface area contributed by atoms with Crippen LogP contribution in [-0.2, 0) is 23.1 Å².